The van der Waals surface area contributed by atoms with Crippen molar-refractivity contribution in [1.29, 1.82) is 0 Å². The molecule has 0 radical (unpaired) electrons. The van der Waals surface area contributed by atoms with Crippen LogP contribution in [0.25, 0.3) is 0 Å². The third-order valence-corrected chi connectivity index (χ3v) is 3.68. The Morgan fingerprint density at radius 2 is 2.00 bits per heavy atom. The molecule has 3 rings (SSSR count). The number of aromatic nitrogens is 2. The van der Waals surface area contributed by atoms with E-state index in [2.05, 4.69) is 15.4 Å². The summed E-state index contributed by atoms with van der Waals surface area (Å²) in [5, 5.41) is -0.249. The predicted octanol–water partition coefficient (Wildman–Crippen LogP) is 2.99. The highest BCUT2D eigenvalue weighted by Crippen LogP contribution is 2.40. The van der Waals surface area contributed by atoms with Crippen LogP contribution in [0.15, 0.2) is 30.6 Å². The lowest BCUT2D eigenvalue weighted by molar-refractivity contribution is -0.138. The Hall–Kier alpha value is -2.59. The van der Waals surface area contributed by atoms with E-state index in [4.69, 9.17) is 16.3 Å². The van der Waals surface area contributed by atoms with Gasteiger partial charge in [0.25, 0.3) is 0 Å². The Balaban J connectivity index is 2.01. The van der Waals surface area contributed by atoms with Gasteiger partial charge in [-0.2, -0.15) is 8.78 Å². The maximum absolute atomic E-state index is 14.7. The molecule has 0 spiro atoms. The first-order valence-electron chi connectivity index (χ1n) is 6.97. The summed E-state index contributed by atoms with van der Waals surface area (Å²) in [4.78, 5) is 19.3. The second kappa shape index (κ2) is 6.37. The van der Waals surface area contributed by atoms with Crippen molar-refractivity contribution >= 4 is 17.6 Å². The molecule has 2 heterocycles. The first kappa shape index (κ1) is 17.2. The van der Waals surface area contributed by atoms with E-state index in [1.165, 1.54) is 25.4 Å². The fourth-order valence-electron chi connectivity index (χ4n) is 2.24. The van der Waals surface area contributed by atoms with Crippen LogP contribution in [-0.2, 0) is 6.05 Å². The number of nitrogens with one attached hydrogen (secondary N) is 2. The van der Waals surface area contributed by atoms with Crippen LogP contribution in [0.3, 0.4) is 0 Å². The van der Waals surface area contributed by atoms with E-state index in [1.807, 2.05) is 5.43 Å². The van der Waals surface area contributed by atoms with Crippen LogP contribution in [0.2, 0.25) is 5.02 Å². The summed E-state index contributed by atoms with van der Waals surface area (Å²) < 4.78 is 48.8. The minimum atomic E-state index is -3.96. The first-order chi connectivity index (χ1) is 11.8. The van der Waals surface area contributed by atoms with Crippen molar-refractivity contribution < 1.29 is 22.7 Å². The zero-order chi connectivity index (χ0) is 18.2. The number of rotatable bonds is 4. The molecule has 1 aromatic heterocycles. The van der Waals surface area contributed by atoms with Gasteiger partial charge in [0.05, 0.1) is 10.6 Å². The number of ether oxygens (including phenoxy) is 1. The number of carbonyl (C=O) groups excluding carboxylic acids is 1. The summed E-state index contributed by atoms with van der Waals surface area (Å²) >= 11 is 5.85. The Morgan fingerprint density at radius 1 is 1.32 bits per heavy atom. The summed E-state index contributed by atoms with van der Waals surface area (Å²) in [5.41, 5.74) is 3.29. The van der Waals surface area contributed by atoms with Gasteiger partial charge in [0, 0.05) is 12.4 Å². The molecule has 2 amide bonds. The lowest BCUT2D eigenvalue weighted by atomic mass is 10.1. The van der Waals surface area contributed by atoms with Crippen LogP contribution in [0, 0.1) is 5.82 Å². The largest absolute Gasteiger partial charge is 0.423 e. The van der Waals surface area contributed by atoms with Gasteiger partial charge in [-0.25, -0.2) is 29.5 Å². The molecule has 0 bridgehead atoms. The number of alkyl halides is 2. The van der Waals surface area contributed by atoms with Crippen LogP contribution in [0.5, 0.6) is 11.8 Å². The van der Waals surface area contributed by atoms with Gasteiger partial charge in [-0.15, -0.1) is 0 Å². The molecular formula is C14H11ClF3N5O2. The van der Waals surface area contributed by atoms with Gasteiger partial charge in [0.15, 0.2) is 5.75 Å². The summed E-state index contributed by atoms with van der Waals surface area (Å²) in [5.74, 6) is -1.56. The molecule has 7 nitrogen and oxygen atoms in total. The highest BCUT2D eigenvalue weighted by Gasteiger charge is 2.50. The number of benzene rings is 1. The van der Waals surface area contributed by atoms with Crippen molar-refractivity contribution in [3.63, 3.8) is 0 Å². The van der Waals surface area contributed by atoms with E-state index in [9.17, 15) is 18.0 Å². The second-order valence-corrected chi connectivity index (χ2v) is 5.46. The molecule has 11 heteroatoms. The molecule has 1 aliphatic heterocycles. The fourth-order valence-corrected chi connectivity index (χ4v) is 2.43. The summed E-state index contributed by atoms with van der Waals surface area (Å²) in [6, 6.07) is -2.29. The minimum Gasteiger partial charge on any atom is -0.423 e. The van der Waals surface area contributed by atoms with Crippen molar-refractivity contribution in [3.05, 3.63) is 47.0 Å². The maximum atomic E-state index is 14.7. The molecule has 0 aliphatic carbocycles. The topological polar surface area (TPSA) is 79.4 Å². The van der Waals surface area contributed by atoms with Gasteiger partial charge in [-0.3, -0.25) is 5.43 Å². The Labute approximate surface area is 144 Å². The molecule has 2 N–H and O–H groups in total. The number of amides is 2. The van der Waals surface area contributed by atoms with E-state index in [1.54, 1.807) is 0 Å². The monoisotopic (exact) mass is 373 g/mol. The maximum Gasteiger partial charge on any atom is 0.360 e. The van der Waals surface area contributed by atoms with Crippen molar-refractivity contribution in [2.75, 3.05) is 0 Å². The second-order valence-electron chi connectivity index (χ2n) is 5.06. The molecule has 1 unspecified atom stereocenters. The van der Waals surface area contributed by atoms with Gasteiger partial charge < -0.3 is 4.74 Å². The van der Waals surface area contributed by atoms with Gasteiger partial charge in [0.1, 0.15) is 12.0 Å². The Morgan fingerprint density at radius 3 is 2.60 bits per heavy atom. The van der Waals surface area contributed by atoms with Crippen molar-refractivity contribution in [1.82, 2.24) is 25.7 Å². The zero-order valence-electron chi connectivity index (χ0n) is 12.6. The SMILES string of the molecule is CC1NNC(=O)N1C(F)(F)c1cc(Oc2ncccn2)c(Cl)cc1F. The van der Waals surface area contributed by atoms with Crippen LogP contribution >= 0.6 is 11.6 Å². The van der Waals surface area contributed by atoms with Gasteiger partial charge in [0.2, 0.25) is 0 Å². The molecule has 2 aromatic rings. The third-order valence-electron chi connectivity index (χ3n) is 3.39. The highest BCUT2D eigenvalue weighted by molar-refractivity contribution is 6.32. The number of nitrogens with zero attached hydrogens (tertiary/aromatic N) is 3. The van der Waals surface area contributed by atoms with Gasteiger partial charge >= 0.3 is 18.1 Å². The molecule has 1 aliphatic rings. The van der Waals surface area contributed by atoms with Crippen molar-refractivity contribution in [2.24, 2.45) is 0 Å². The molecular weight excluding hydrogens is 363 g/mol. The van der Waals surface area contributed by atoms with E-state index >= 15 is 0 Å². The summed E-state index contributed by atoms with van der Waals surface area (Å²) in [6.07, 6.45) is 1.67. The highest BCUT2D eigenvalue weighted by atomic mass is 35.5. The summed E-state index contributed by atoms with van der Waals surface area (Å²) in [6.45, 7) is 1.31. The summed E-state index contributed by atoms with van der Waals surface area (Å²) in [7, 11) is 0. The quantitative estimate of drug-likeness (QED) is 0.805. The normalized spacial score (nSPS) is 17.6. The Bertz CT molecular complexity index is 809. The average Bonchev–Trinajstić information content (AvgIpc) is 2.90. The lowest BCUT2D eigenvalue weighted by Gasteiger charge is -2.29. The number of urea groups is 1. The smallest absolute Gasteiger partial charge is 0.360 e. The lowest BCUT2D eigenvalue weighted by Crippen LogP contribution is -2.46. The molecule has 1 aromatic carbocycles. The molecule has 1 atom stereocenters. The van der Waals surface area contributed by atoms with Gasteiger partial charge in [-0.05, 0) is 25.1 Å². The first-order valence-corrected chi connectivity index (χ1v) is 7.35. The number of hydrogen-bond acceptors (Lipinski definition) is 5. The number of halogens is 4. The van der Waals surface area contributed by atoms with Crippen LogP contribution in [-0.4, -0.2) is 27.1 Å². The van der Waals surface area contributed by atoms with Crippen LogP contribution < -0.4 is 15.6 Å². The number of hydrogen-bond donors (Lipinski definition) is 2. The number of hydrazine groups is 1. The minimum absolute atomic E-state index is 0.153. The van der Waals surface area contributed by atoms with E-state index in [-0.39, 0.29) is 21.7 Å². The zero-order valence-corrected chi connectivity index (χ0v) is 13.4. The van der Waals surface area contributed by atoms with Crippen molar-refractivity contribution in [3.8, 4) is 11.8 Å². The van der Waals surface area contributed by atoms with E-state index in [0.717, 1.165) is 0 Å². The molecule has 132 valence electrons. The van der Waals surface area contributed by atoms with E-state index < -0.39 is 29.6 Å². The predicted molar refractivity (Wildman–Crippen MR) is 80.4 cm³/mol. The number of carbonyl (C=O) groups is 1. The van der Waals surface area contributed by atoms with E-state index in [0.29, 0.717) is 12.1 Å². The molecule has 25 heavy (non-hydrogen) atoms. The van der Waals surface area contributed by atoms with Crippen molar-refractivity contribution in [2.45, 2.75) is 19.1 Å². The Kier molecular flexibility index (Phi) is 4.39. The average molecular weight is 374 g/mol. The van der Waals surface area contributed by atoms with Crippen LogP contribution in [0.1, 0.15) is 12.5 Å². The molecule has 0 saturated carbocycles. The van der Waals surface area contributed by atoms with Crippen LogP contribution in [0.4, 0.5) is 18.0 Å². The molecule has 1 fully saturated rings. The standard InChI is InChI=1S/C14H11ClF3N5O2/c1-7-21-22-13(24)23(7)14(17,18)8-5-11(9(15)6-10(8)16)25-12-19-3-2-4-20-12/h2-7,21H,1H3,(H,22,24). The third kappa shape index (κ3) is 3.17. The molecule has 1 saturated heterocycles. The van der Waals surface area contributed by atoms with Gasteiger partial charge in [-0.1, -0.05) is 11.6 Å². The fraction of sp³-hybridized carbons (Fsp3) is 0.214.